The van der Waals surface area contributed by atoms with E-state index in [0.717, 1.165) is 56.6 Å². The molecule has 5 heterocycles. The van der Waals surface area contributed by atoms with Gasteiger partial charge in [0.25, 0.3) is 15.9 Å². The van der Waals surface area contributed by atoms with Crippen LogP contribution in [-0.2, 0) is 16.6 Å². The van der Waals surface area contributed by atoms with E-state index in [0.29, 0.717) is 45.4 Å². The van der Waals surface area contributed by atoms with Gasteiger partial charge in [-0.3, -0.25) is 0 Å². The number of aryl methyl sites for hydroxylation is 2. The van der Waals surface area contributed by atoms with Crippen LogP contribution < -0.4 is 9.47 Å². The maximum Gasteiger partial charge on any atom is 0.269 e. The van der Waals surface area contributed by atoms with Gasteiger partial charge >= 0.3 is 0 Å². The van der Waals surface area contributed by atoms with Gasteiger partial charge in [0.15, 0.2) is 11.4 Å². The molecule has 232 valence electrons. The van der Waals surface area contributed by atoms with E-state index in [1.807, 2.05) is 19.2 Å². The number of fused-ring (bicyclic) bond motifs is 2. The zero-order chi connectivity index (χ0) is 31.0. The standard InChI is InChI=1S/C32H37ClN6O4S/c1-22-7-9-23(10-8-22)44(40,41)39-27(19-24-26(33)11-12-34-31(24)39)25-21-38(16-6-15-37-14-5-13-36(2)17-18-37)28-20-29(42-3)32(43-4)35-30(25)28/h7-12,19-21H,5-6,13-18H2,1-4H3. The van der Waals surface area contributed by atoms with Crippen LogP contribution in [-0.4, -0.2) is 90.7 Å². The van der Waals surface area contributed by atoms with E-state index in [4.69, 9.17) is 26.1 Å². The van der Waals surface area contributed by atoms with Crippen molar-refractivity contribution in [2.24, 2.45) is 0 Å². The minimum Gasteiger partial charge on any atom is -0.491 e. The predicted molar refractivity (Wildman–Crippen MR) is 174 cm³/mol. The highest BCUT2D eigenvalue weighted by molar-refractivity contribution is 7.90. The number of hydrogen-bond donors (Lipinski definition) is 0. The van der Waals surface area contributed by atoms with Crippen LogP contribution in [0.2, 0.25) is 5.02 Å². The first-order chi connectivity index (χ1) is 21.2. The topological polar surface area (TPSA) is 94.7 Å². The summed E-state index contributed by atoms with van der Waals surface area (Å²) in [4.78, 5) is 14.4. The Morgan fingerprint density at radius 2 is 1.77 bits per heavy atom. The van der Waals surface area contributed by atoms with Crippen LogP contribution >= 0.6 is 11.6 Å². The van der Waals surface area contributed by atoms with E-state index in [1.165, 1.54) is 17.3 Å². The number of hydrogen-bond acceptors (Lipinski definition) is 8. The van der Waals surface area contributed by atoms with Gasteiger partial charge in [0.2, 0.25) is 0 Å². The number of ether oxygens (including phenoxy) is 2. The molecule has 12 heteroatoms. The van der Waals surface area contributed by atoms with E-state index in [-0.39, 0.29) is 10.5 Å². The highest BCUT2D eigenvalue weighted by Crippen LogP contribution is 2.40. The van der Waals surface area contributed by atoms with E-state index in [2.05, 4.69) is 26.4 Å². The van der Waals surface area contributed by atoms with Gasteiger partial charge in [0.05, 0.1) is 35.3 Å². The molecule has 5 aromatic rings. The van der Waals surface area contributed by atoms with E-state index >= 15 is 0 Å². The number of nitrogens with zero attached hydrogens (tertiary/aromatic N) is 6. The van der Waals surface area contributed by atoms with Gasteiger partial charge in [0.1, 0.15) is 5.52 Å². The summed E-state index contributed by atoms with van der Waals surface area (Å²) in [6, 6.07) is 12.1. The monoisotopic (exact) mass is 636 g/mol. The summed E-state index contributed by atoms with van der Waals surface area (Å²) in [6.45, 7) is 7.91. The van der Waals surface area contributed by atoms with Crippen molar-refractivity contribution < 1.29 is 17.9 Å². The molecule has 0 unspecified atom stereocenters. The Labute approximate surface area is 262 Å². The molecule has 1 aliphatic rings. The van der Waals surface area contributed by atoms with Gasteiger partial charge in [-0.05, 0) is 70.7 Å². The second kappa shape index (κ2) is 12.4. The molecule has 10 nitrogen and oxygen atoms in total. The molecule has 0 bridgehead atoms. The Hall–Kier alpha value is -3.64. The van der Waals surface area contributed by atoms with Crippen molar-refractivity contribution in [1.82, 2.24) is 28.3 Å². The number of halogens is 1. The molecule has 0 saturated carbocycles. The Morgan fingerprint density at radius 3 is 2.52 bits per heavy atom. The van der Waals surface area contributed by atoms with Crippen LogP contribution in [0.3, 0.4) is 0 Å². The first-order valence-electron chi connectivity index (χ1n) is 14.7. The van der Waals surface area contributed by atoms with Crippen molar-refractivity contribution in [3.63, 3.8) is 0 Å². The summed E-state index contributed by atoms with van der Waals surface area (Å²) in [6.07, 6.45) is 5.56. The minimum atomic E-state index is -4.07. The summed E-state index contributed by atoms with van der Waals surface area (Å²) in [7, 11) is 1.22. The largest absolute Gasteiger partial charge is 0.491 e. The lowest BCUT2D eigenvalue weighted by Crippen LogP contribution is -2.30. The number of rotatable bonds is 9. The normalized spacial score (nSPS) is 15.2. The SMILES string of the molecule is COc1cc2c(nc1OC)c(-c1cc3c(Cl)ccnc3n1S(=O)(=O)c1ccc(C)cc1)cn2CCCN1CCCN(C)CC1. The van der Waals surface area contributed by atoms with E-state index < -0.39 is 10.0 Å². The fraction of sp³-hybridized carbons (Fsp3) is 0.375. The Balaban J connectivity index is 1.50. The zero-order valence-corrected chi connectivity index (χ0v) is 27.0. The molecule has 1 saturated heterocycles. The van der Waals surface area contributed by atoms with Crippen LogP contribution in [0, 0.1) is 6.92 Å². The molecule has 0 aliphatic carbocycles. The summed E-state index contributed by atoms with van der Waals surface area (Å²) < 4.78 is 43.2. The summed E-state index contributed by atoms with van der Waals surface area (Å²) in [5.41, 5.74) is 3.67. The molecule has 1 aliphatic heterocycles. The molecule has 0 N–H and O–H groups in total. The van der Waals surface area contributed by atoms with Crippen molar-refractivity contribution in [3.8, 4) is 22.9 Å². The fourth-order valence-electron chi connectivity index (χ4n) is 5.92. The number of aromatic nitrogens is 4. The minimum absolute atomic E-state index is 0.155. The molecule has 0 amide bonds. The maximum absolute atomic E-state index is 14.3. The van der Waals surface area contributed by atoms with Crippen molar-refractivity contribution in [3.05, 3.63) is 65.4 Å². The van der Waals surface area contributed by atoms with Crippen LogP contribution in [0.15, 0.2) is 59.8 Å². The van der Waals surface area contributed by atoms with Crippen molar-refractivity contribution in [2.45, 2.75) is 31.2 Å². The molecular formula is C32H37ClN6O4S. The predicted octanol–water partition coefficient (Wildman–Crippen LogP) is 5.30. The van der Waals surface area contributed by atoms with Crippen LogP contribution in [0.25, 0.3) is 33.3 Å². The second-order valence-corrected chi connectivity index (χ2v) is 13.5. The van der Waals surface area contributed by atoms with Crippen molar-refractivity contribution in [2.75, 3.05) is 54.0 Å². The number of methoxy groups -OCH3 is 2. The number of benzene rings is 1. The molecule has 6 rings (SSSR count). The Bertz CT molecular complexity index is 1920. The summed E-state index contributed by atoms with van der Waals surface area (Å²) >= 11 is 6.61. The summed E-state index contributed by atoms with van der Waals surface area (Å²) in [5.74, 6) is 0.812. The molecule has 1 fully saturated rings. The van der Waals surface area contributed by atoms with Crippen molar-refractivity contribution >= 4 is 43.7 Å². The fourth-order valence-corrected chi connectivity index (χ4v) is 7.58. The zero-order valence-electron chi connectivity index (χ0n) is 25.5. The second-order valence-electron chi connectivity index (χ2n) is 11.3. The maximum atomic E-state index is 14.3. The number of likely N-dealkylation sites (N-methyl/N-ethyl adjacent to an activating group) is 1. The number of pyridine rings is 2. The quantitative estimate of drug-likeness (QED) is 0.215. The first kappa shape index (κ1) is 30.4. The molecule has 1 aromatic carbocycles. The smallest absolute Gasteiger partial charge is 0.269 e. The molecule has 0 atom stereocenters. The highest BCUT2D eigenvalue weighted by Gasteiger charge is 2.28. The van der Waals surface area contributed by atoms with Crippen LogP contribution in [0.5, 0.6) is 11.6 Å². The van der Waals surface area contributed by atoms with Gasteiger partial charge in [-0.1, -0.05) is 29.3 Å². The van der Waals surface area contributed by atoms with Gasteiger partial charge in [0, 0.05) is 49.0 Å². The molecule has 44 heavy (non-hydrogen) atoms. The lowest BCUT2D eigenvalue weighted by Gasteiger charge is -2.20. The first-order valence-corrected chi connectivity index (χ1v) is 16.5. The van der Waals surface area contributed by atoms with Crippen molar-refractivity contribution in [1.29, 1.82) is 0 Å². The average Bonchev–Trinajstić information content (AvgIpc) is 3.51. The summed E-state index contributed by atoms with van der Waals surface area (Å²) in [5, 5.41) is 0.945. The Kier molecular flexibility index (Phi) is 8.56. The van der Waals surface area contributed by atoms with Gasteiger partial charge in [-0.25, -0.2) is 22.4 Å². The third-order valence-electron chi connectivity index (χ3n) is 8.33. The van der Waals surface area contributed by atoms with Gasteiger partial charge in [-0.2, -0.15) is 0 Å². The molecular weight excluding hydrogens is 600 g/mol. The Morgan fingerprint density at radius 1 is 0.977 bits per heavy atom. The third kappa shape index (κ3) is 5.65. The van der Waals surface area contributed by atoms with E-state index in [9.17, 15) is 8.42 Å². The van der Waals surface area contributed by atoms with Gasteiger partial charge in [-0.15, -0.1) is 0 Å². The molecule has 4 aromatic heterocycles. The van der Waals surface area contributed by atoms with Crippen LogP contribution in [0.1, 0.15) is 18.4 Å². The molecule has 0 spiro atoms. The van der Waals surface area contributed by atoms with Crippen LogP contribution in [0.4, 0.5) is 0 Å². The molecule has 0 radical (unpaired) electrons. The lowest BCUT2D eigenvalue weighted by atomic mass is 10.2. The highest BCUT2D eigenvalue weighted by atomic mass is 35.5. The third-order valence-corrected chi connectivity index (χ3v) is 10.4. The average molecular weight is 637 g/mol. The lowest BCUT2D eigenvalue weighted by molar-refractivity contribution is 0.269. The van der Waals surface area contributed by atoms with E-state index in [1.54, 1.807) is 43.5 Å². The van der Waals surface area contributed by atoms with Gasteiger partial charge < -0.3 is 23.8 Å².